The number of aliphatic hydroxyl groups excluding tert-OH is 1. The Hall–Kier alpha value is -4.03. The topological polar surface area (TPSA) is 129 Å². The van der Waals surface area contributed by atoms with Gasteiger partial charge in [-0.15, -0.1) is 0 Å². The molecular weight excluding hydrogens is 578 g/mol. The first-order valence-electron chi connectivity index (χ1n) is 14.9. The van der Waals surface area contributed by atoms with E-state index >= 15 is 0 Å². The summed E-state index contributed by atoms with van der Waals surface area (Å²) in [6.45, 7) is 5.65. The monoisotopic (exact) mass is 615 g/mol. The Labute approximate surface area is 257 Å². The molecule has 1 spiro atoms. The third-order valence-electron chi connectivity index (χ3n) is 9.00. The number of anilines is 3. The Kier molecular flexibility index (Phi) is 7.83. The van der Waals surface area contributed by atoms with Crippen LogP contribution in [-0.4, -0.2) is 66.7 Å². The third-order valence-corrected chi connectivity index (χ3v) is 11.5. The van der Waals surface area contributed by atoms with Gasteiger partial charge in [0.25, 0.3) is 11.8 Å². The van der Waals surface area contributed by atoms with Crippen LogP contribution in [0.2, 0.25) is 18.6 Å². The first-order chi connectivity index (χ1) is 21.0. The van der Waals surface area contributed by atoms with Crippen LogP contribution < -0.4 is 15.0 Å². The van der Waals surface area contributed by atoms with Crippen LogP contribution in [0.25, 0.3) is 0 Å². The van der Waals surface area contributed by atoms with E-state index in [1.807, 2.05) is 49.4 Å². The highest BCUT2D eigenvalue weighted by Gasteiger charge is 2.65. The lowest BCUT2D eigenvalue weighted by molar-refractivity contribution is -0.148. The van der Waals surface area contributed by atoms with Gasteiger partial charge in [0.1, 0.15) is 5.75 Å². The van der Waals surface area contributed by atoms with Crippen molar-refractivity contribution in [2.24, 2.45) is 5.92 Å². The van der Waals surface area contributed by atoms with E-state index in [4.69, 9.17) is 9.47 Å². The van der Waals surface area contributed by atoms with Crippen molar-refractivity contribution < 1.29 is 33.8 Å². The number of para-hydroxylation sites is 2. The standard InChI is InChI=1S/C33H37N3O7Si/c1-21-31(44(2,3)41)28(18-29(38)35(15-16-37)19-22-9-5-4-6-10-22)43-33(21)24-17-23(13-14-25(24)34-32(33)40)36-26-11-7-8-12-27(26)42-20-30(36)39/h4-14,17,21,28,31,37,41H,15-16,18-20H2,1-3H3,(H,34,40)/t21-,28+,31-,33+/m1/s1. The fourth-order valence-electron chi connectivity index (χ4n) is 7.13. The van der Waals surface area contributed by atoms with Gasteiger partial charge in [0.2, 0.25) is 5.91 Å². The minimum absolute atomic E-state index is 0.0573. The summed E-state index contributed by atoms with van der Waals surface area (Å²) in [6.07, 6.45) is -0.801. The predicted molar refractivity (Wildman–Crippen MR) is 167 cm³/mol. The summed E-state index contributed by atoms with van der Waals surface area (Å²) < 4.78 is 12.3. The zero-order chi connectivity index (χ0) is 31.2. The Bertz CT molecular complexity index is 1590. The minimum atomic E-state index is -3.00. The molecule has 6 rings (SSSR count). The average Bonchev–Trinajstić information content (AvgIpc) is 3.45. The lowest BCUT2D eigenvalue weighted by atomic mass is 9.82. The normalized spacial score (nSPS) is 24.1. The summed E-state index contributed by atoms with van der Waals surface area (Å²) in [4.78, 5) is 55.4. The van der Waals surface area contributed by atoms with E-state index in [2.05, 4.69) is 5.32 Å². The summed E-state index contributed by atoms with van der Waals surface area (Å²) in [7, 11) is -3.00. The average molecular weight is 616 g/mol. The molecule has 3 amide bonds. The van der Waals surface area contributed by atoms with E-state index in [0.29, 0.717) is 34.9 Å². The zero-order valence-corrected chi connectivity index (χ0v) is 26.0. The second-order valence-electron chi connectivity index (χ2n) is 12.3. The molecule has 0 unspecified atom stereocenters. The molecule has 230 valence electrons. The van der Waals surface area contributed by atoms with Gasteiger partial charge in [0, 0.05) is 41.5 Å². The lowest BCUT2D eigenvalue weighted by Gasteiger charge is -2.33. The number of hydrogen-bond donors (Lipinski definition) is 3. The SMILES string of the molecule is C[C@@H]1[C@@H]([Si](C)(C)O)[C@H](CC(=O)N(CCO)Cc2ccccc2)O[C@@]12C(=O)Nc1ccc(N3C(=O)COc4ccccc43)cc12. The molecule has 1 saturated heterocycles. The van der Waals surface area contributed by atoms with Gasteiger partial charge in [0.15, 0.2) is 20.5 Å². The first-order valence-corrected chi connectivity index (χ1v) is 17.9. The quantitative estimate of drug-likeness (QED) is 0.328. The van der Waals surface area contributed by atoms with E-state index in [0.717, 1.165) is 5.56 Å². The van der Waals surface area contributed by atoms with Crippen molar-refractivity contribution in [3.05, 3.63) is 83.9 Å². The van der Waals surface area contributed by atoms with Gasteiger partial charge in [-0.1, -0.05) is 49.4 Å². The molecule has 0 saturated carbocycles. The molecule has 3 aromatic rings. The van der Waals surface area contributed by atoms with E-state index in [1.54, 1.807) is 53.2 Å². The highest BCUT2D eigenvalue weighted by Crippen LogP contribution is 2.59. The molecule has 4 atom stereocenters. The molecule has 3 aromatic carbocycles. The van der Waals surface area contributed by atoms with E-state index in [1.165, 1.54) is 0 Å². The van der Waals surface area contributed by atoms with Crippen molar-refractivity contribution in [3.63, 3.8) is 0 Å². The molecule has 0 bridgehead atoms. The smallest absolute Gasteiger partial charge is 0.269 e. The molecule has 3 aliphatic heterocycles. The summed E-state index contributed by atoms with van der Waals surface area (Å²) in [5.74, 6) is -0.736. The van der Waals surface area contributed by atoms with Crippen molar-refractivity contribution in [1.82, 2.24) is 4.90 Å². The molecule has 3 heterocycles. The number of aliphatic hydroxyl groups is 1. The van der Waals surface area contributed by atoms with Gasteiger partial charge in [-0.3, -0.25) is 19.3 Å². The minimum Gasteiger partial charge on any atom is -0.482 e. The van der Waals surface area contributed by atoms with Crippen LogP contribution in [0, 0.1) is 5.92 Å². The molecule has 11 heteroatoms. The fraction of sp³-hybridized carbons (Fsp3) is 0.364. The van der Waals surface area contributed by atoms with Crippen LogP contribution in [0.4, 0.5) is 17.1 Å². The molecule has 44 heavy (non-hydrogen) atoms. The number of nitrogens with one attached hydrogen (secondary N) is 1. The Morgan fingerprint density at radius 2 is 1.82 bits per heavy atom. The molecule has 1 fully saturated rings. The van der Waals surface area contributed by atoms with Gasteiger partial charge < -0.3 is 29.6 Å². The molecular formula is C33H37N3O7Si. The second-order valence-corrected chi connectivity index (χ2v) is 16.2. The maximum atomic E-state index is 13.9. The molecule has 0 aliphatic carbocycles. The van der Waals surface area contributed by atoms with Gasteiger partial charge in [0.05, 0.1) is 24.8 Å². The number of carbonyl (C=O) groups is 3. The third kappa shape index (κ3) is 5.09. The first kappa shape index (κ1) is 30.0. The second kappa shape index (κ2) is 11.5. The van der Waals surface area contributed by atoms with Crippen LogP contribution >= 0.6 is 0 Å². The van der Waals surface area contributed by atoms with Gasteiger partial charge in [-0.05, 0) is 49.0 Å². The van der Waals surface area contributed by atoms with Crippen molar-refractivity contribution in [2.45, 2.75) is 50.2 Å². The van der Waals surface area contributed by atoms with Crippen LogP contribution in [0.1, 0.15) is 24.5 Å². The summed E-state index contributed by atoms with van der Waals surface area (Å²) >= 11 is 0. The number of rotatable bonds is 8. The zero-order valence-electron chi connectivity index (χ0n) is 25.0. The molecule has 10 nitrogen and oxygen atoms in total. The highest BCUT2D eigenvalue weighted by atomic mass is 28.4. The number of ether oxygens (including phenoxy) is 2. The van der Waals surface area contributed by atoms with Crippen LogP contribution in [0.3, 0.4) is 0 Å². The Balaban J connectivity index is 1.36. The molecule has 3 aliphatic rings. The summed E-state index contributed by atoms with van der Waals surface area (Å²) in [5, 5.41) is 12.7. The Morgan fingerprint density at radius 3 is 2.55 bits per heavy atom. The van der Waals surface area contributed by atoms with Crippen LogP contribution in [0.5, 0.6) is 5.75 Å². The fourth-order valence-corrected chi connectivity index (χ4v) is 9.68. The van der Waals surface area contributed by atoms with E-state index in [-0.39, 0.29) is 43.9 Å². The van der Waals surface area contributed by atoms with E-state index < -0.39 is 31.5 Å². The van der Waals surface area contributed by atoms with Crippen LogP contribution in [0.15, 0.2) is 72.8 Å². The van der Waals surface area contributed by atoms with Gasteiger partial charge in [-0.25, -0.2) is 0 Å². The maximum absolute atomic E-state index is 13.9. The van der Waals surface area contributed by atoms with Crippen molar-refractivity contribution in [1.29, 1.82) is 0 Å². The molecule has 3 N–H and O–H groups in total. The van der Waals surface area contributed by atoms with Crippen molar-refractivity contribution in [2.75, 3.05) is 30.0 Å². The largest absolute Gasteiger partial charge is 0.482 e. The number of fused-ring (bicyclic) bond motifs is 3. The van der Waals surface area contributed by atoms with Crippen molar-refractivity contribution >= 4 is 43.1 Å². The number of nitrogens with zero attached hydrogens (tertiary/aromatic N) is 2. The number of benzene rings is 3. The predicted octanol–water partition coefficient (Wildman–Crippen LogP) is 3.90. The molecule has 0 radical (unpaired) electrons. The van der Waals surface area contributed by atoms with Crippen LogP contribution in [-0.2, 0) is 31.3 Å². The molecule has 0 aromatic heterocycles. The maximum Gasteiger partial charge on any atom is 0.269 e. The van der Waals surface area contributed by atoms with Gasteiger partial charge in [-0.2, -0.15) is 0 Å². The van der Waals surface area contributed by atoms with E-state index in [9.17, 15) is 24.3 Å². The lowest BCUT2D eigenvalue weighted by Crippen LogP contribution is -2.44. The Morgan fingerprint density at radius 1 is 1.09 bits per heavy atom. The number of hydrogen-bond acceptors (Lipinski definition) is 7. The highest BCUT2D eigenvalue weighted by molar-refractivity contribution is 6.71. The van der Waals surface area contributed by atoms with Gasteiger partial charge >= 0.3 is 0 Å². The summed E-state index contributed by atoms with van der Waals surface area (Å²) in [5.41, 5.74) is 1.30. The van der Waals surface area contributed by atoms with Crippen molar-refractivity contribution in [3.8, 4) is 5.75 Å². The number of carbonyl (C=O) groups excluding carboxylic acids is 3. The number of amides is 3. The summed E-state index contributed by atoms with van der Waals surface area (Å²) in [6, 6.07) is 22.1.